The highest BCUT2D eigenvalue weighted by atomic mass is 19.1. The number of aromatic nitrogens is 5. The molecule has 0 aliphatic carbocycles. The van der Waals surface area contributed by atoms with Crippen LogP contribution in [-0.4, -0.2) is 53.5 Å². The van der Waals surface area contributed by atoms with Crippen LogP contribution in [-0.2, 0) is 11.8 Å². The van der Waals surface area contributed by atoms with Crippen molar-refractivity contribution in [2.24, 2.45) is 7.05 Å². The Labute approximate surface area is 247 Å². The van der Waals surface area contributed by atoms with Gasteiger partial charge in [0, 0.05) is 55.1 Å². The highest BCUT2D eigenvalue weighted by Crippen LogP contribution is 2.38. The molecule has 5 aromatic rings. The molecule has 0 saturated carbocycles. The van der Waals surface area contributed by atoms with Crippen molar-refractivity contribution in [3.8, 4) is 17.4 Å². The summed E-state index contributed by atoms with van der Waals surface area (Å²) in [6.45, 7) is 5.32. The predicted octanol–water partition coefficient (Wildman–Crippen LogP) is 5.98. The number of rotatable bonds is 7. The van der Waals surface area contributed by atoms with Gasteiger partial charge in [0.1, 0.15) is 29.7 Å². The van der Waals surface area contributed by atoms with Crippen molar-refractivity contribution in [3.63, 3.8) is 0 Å². The van der Waals surface area contributed by atoms with Crippen LogP contribution in [0.1, 0.15) is 31.2 Å². The first-order valence-electron chi connectivity index (χ1n) is 14.2. The number of fused-ring (bicyclic) bond motifs is 4. The average molecular weight is 580 g/mol. The molecule has 2 aromatic carbocycles. The van der Waals surface area contributed by atoms with E-state index >= 15 is 4.39 Å². The highest BCUT2D eigenvalue weighted by molar-refractivity contribution is 5.91. The van der Waals surface area contributed by atoms with Crippen molar-refractivity contribution in [2.45, 2.75) is 50.8 Å². The van der Waals surface area contributed by atoms with Crippen LogP contribution in [0.15, 0.2) is 67.9 Å². The number of pyridine rings is 1. The number of hydrogen-bond donors (Lipinski definition) is 1. The number of halogens is 1. The van der Waals surface area contributed by atoms with Crippen molar-refractivity contribution in [1.29, 1.82) is 0 Å². The molecule has 2 saturated heterocycles. The standard InChI is InChI=1S/C32H30FN7O3/c1-4-30(41)40-19-5-6-20(40)12-22(11-19)43-29-14-23-26(15-34-29)35-16-36-32(23)38-24-8-10-28(18(2)31(24)33)42-21-7-9-27-25(13-21)37-17-39(27)3/h4,7-10,13-17,19-20,22H,1,5-6,11-12H2,2-3H3,(H,35,36,38)/t19-,20+,22?. The molecular weight excluding hydrogens is 549 g/mol. The molecule has 1 N–H and O–H groups in total. The molecular formula is C32H30FN7O3. The Kier molecular flexibility index (Phi) is 6.64. The summed E-state index contributed by atoms with van der Waals surface area (Å²) < 4.78 is 29.9. The van der Waals surface area contributed by atoms with Crippen LogP contribution in [0, 0.1) is 12.7 Å². The van der Waals surface area contributed by atoms with Crippen molar-refractivity contribution in [3.05, 3.63) is 79.3 Å². The number of nitrogens with zero attached hydrogens (tertiary/aromatic N) is 6. The molecule has 7 rings (SSSR count). The van der Waals surface area contributed by atoms with E-state index in [1.807, 2.05) is 34.7 Å². The Bertz CT molecular complexity index is 1880. The Morgan fingerprint density at radius 2 is 1.88 bits per heavy atom. The molecule has 3 atom stereocenters. The maximum absolute atomic E-state index is 15.6. The number of piperidine rings is 1. The van der Waals surface area contributed by atoms with Gasteiger partial charge in [0.05, 0.1) is 34.8 Å². The van der Waals surface area contributed by atoms with E-state index in [1.165, 1.54) is 12.4 Å². The van der Waals surface area contributed by atoms with Crippen LogP contribution in [0.5, 0.6) is 17.4 Å². The Morgan fingerprint density at radius 1 is 1.07 bits per heavy atom. The minimum atomic E-state index is -0.454. The van der Waals surface area contributed by atoms with Gasteiger partial charge in [-0.25, -0.2) is 24.3 Å². The summed E-state index contributed by atoms with van der Waals surface area (Å²) >= 11 is 0. The van der Waals surface area contributed by atoms with E-state index in [9.17, 15) is 4.79 Å². The van der Waals surface area contributed by atoms with Gasteiger partial charge in [0.15, 0.2) is 5.82 Å². The fraction of sp³-hybridized carbons (Fsp3) is 0.281. The third-order valence-electron chi connectivity index (χ3n) is 8.42. The second-order valence-electron chi connectivity index (χ2n) is 11.1. The van der Waals surface area contributed by atoms with Gasteiger partial charge >= 0.3 is 0 Å². The second kappa shape index (κ2) is 10.6. The monoisotopic (exact) mass is 579 g/mol. The number of carbonyl (C=O) groups excluding carboxylic acids is 1. The first-order chi connectivity index (χ1) is 20.9. The van der Waals surface area contributed by atoms with Crippen LogP contribution >= 0.6 is 0 Å². The lowest BCUT2D eigenvalue weighted by Gasteiger charge is -2.38. The van der Waals surface area contributed by atoms with Gasteiger partial charge in [-0.05, 0) is 50.1 Å². The molecule has 2 aliphatic rings. The number of imidazole rings is 1. The summed E-state index contributed by atoms with van der Waals surface area (Å²) in [5, 5.41) is 3.77. The average Bonchev–Trinajstić information content (AvgIpc) is 3.52. The van der Waals surface area contributed by atoms with Crippen molar-refractivity contribution in [1.82, 2.24) is 29.4 Å². The summed E-state index contributed by atoms with van der Waals surface area (Å²) in [4.78, 5) is 31.8. The quantitative estimate of drug-likeness (QED) is 0.235. The number of benzene rings is 2. The molecule has 0 spiro atoms. The number of aryl methyl sites for hydroxylation is 1. The minimum Gasteiger partial charge on any atom is -0.474 e. The number of nitrogens with one attached hydrogen (secondary N) is 1. The fourth-order valence-electron chi connectivity index (χ4n) is 6.27. The normalized spacial score (nSPS) is 19.5. The zero-order valence-corrected chi connectivity index (χ0v) is 23.8. The van der Waals surface area contributed by atoms with Gasteiger partial charge in [-0.15, -0.1) is 0 Å². The molecule has 3 aromatic heterocycles. The van der Waals surface area contributed by atoms with Gasteiger partial charge in [-0.1, -0.05) is 6.58 Å². The summed E-state index contributed by atoms with van der Waals surface area (Å²) in [5.74, 6) is 1.36. The van der Waals surface area contributed by atoms with E-state index in [4.69, 9.17) is 9.47 Å². The molecule has 11 heteroatoms. The third kappa shape index (κ3) is 4.90. The molecule has 2 fully saturated rings. The molecule has 10 nitrogen and oxygen atoms in total. The molecule has 218 valence electrons. The summed E-state index contributed by atoms with van der Waals surface area (Å²) in [6, 6.07) is 11.0. The number of hydrogen-bond acceptors (Lipinski definition) is 8. The lowest BCUT2D eigenvalue weighted by atomic mass is 9.99. The third-order valence-corrected chi connectivity index (χ3v) is 8.42. The molecule has 1 amide bonds. The first kappa shape index (κ1) is 26.8. The largest absolute Gasteiger partial charge is 0.474 e. The van der Waals surface area contributed by atoms with Gasteiger partial charge in [-0.2, -0.15) is 0 Å². The topological polar surface area (TPSA) is 107 Å². The lowest BCUT2D eigenvalue weighted by Crippen LogP contribution is -2.48. The maximum atomic E-state index is 15.6. The minimum absolute atomic E-state index is 0.0179. The van der Waals surface area contributed by atoms with E-state index in [0.717, 1.165) is 36.7 Å². The van der Waals surface area contributed by atoms with Crippen LogP contribution in [0.3, 0.4) is 0 Å². The van der Waals surface area contributed by atoms with Gasteiger partial charge < -0.3 is 24.3 Å². The van der Waals surface area contributed by atoms with E-state index in [2.05, 4.69) is 31.8 Å². The van der Waals surface area contributed by atoms with Crippen molar-refractivity contribution < 1.29 is 18.7 Å². The van der Waals surface area contributed by atoms with Gasteiger partial charge in [0.25, 0.3) is 0 Å². The second-order valence-corrected chi connectivity index (χ2v) is 11.1. The molecule has 43 heavy (non-hydrogen) atoms. The van der Waals surface area contributed by atoms with Crippen molar-refractivity contribution in [2.75, 3.05) is 5.32 Å². The molecule has 2 aliphatic heterocycles. The van der Waals surface area contributed by atoms with Crippen LogP contribution in [0.4, 0.5) is 15.9 Å². The van der Waals surface area contributed by atoms with Gasteiger partial charge in [0.2, 0.25) is 11.8 Å². The summed E-state index contributed by atoms with van der Waals surface area (Å²) in [6.07, 6.45) is 9.50. The first-order valence-corrected chi connectivity index (χ1v) is 14.2. The van der Waals surface area contributed by atoms with E-state index in [-0.39, 0.29) is 29.8 Å². The Balaban J connectivity index is 1.10. The molecule has 1 unspecified atom stereocenters. The van der Waals surface area contributed by atoms with Gasteiger partial charge in [-0.3, -0.25) is 4.79 Å². The highest BCUT2D eigenvalue weighted by Gasteiger charge is 2.43. The van der Waals surface area contributed by atoms with E-state index < -0.39 is 5.82 Å². The maximum Gasteiger partial charge on any atom is 0.246 e. The predicted molar refractivity (Wildman–Crippen MR) is 160 cm³/mol. The Hall–Kier alpha value is -5.06. The number of amides is 1. The number of anilines is 2. The van der Waals surface area contributed by atoms with Crippen LogP contribution in [0.25, 0.3) is 21.9 Å². The SMILES string of the molecule is C=CC(=O)N1[C@@H]2CC[C@H]1CC(Oc1cc3c(Nc4ccc(Oc5ccc6c(c5)ncn6C)c(C)c4F)ncnc3cn1)C2. The summed E-state index contributed by atoms with van der Waals surface area (Å²) in [7, 11) is 1.93. The van der Waals surface area contributed by atoms with E-state index in [1.54, 1.807) is 37.6 Å². The van der Waals surface area contributed by atoms with Crippen molar-refractivity contribution >= 4 is 39.3 Å². The number of carbonyl (C=O) groups is 1. The fourth-order valence-corrected chi connectivity index (χ4v) is 6.27. The smallest absolute Gasteiger partial charge is 0.246 e. The van der Waals surface area contributed by atoms with Crippen LogP contribution < -0.4 is 14.8 Å². The number of ether oxygens (including phenoxy) is 2. The van der Waals surface area contributed by atoms with E-state index in [0.29, 0.717) is 39.7 Å². The molecule has 5 heterocycles. The molecule has 2 bridgehead atoms. The zero-order chi connectivity index (χ0) is 29.7. The zero-order valence-electron chi connectivity index (χ0n) is 23.8. The lowest BCUT2D eigenvalue weighted by molar-refractivity contribution is -0.131. The molecule has 0 radical (unpaired) electrons. The Morgan fingerprint density at radius 3 is 2.67 bits per heavy atom. The summed E-state index contributed by atoms with van der Waals surface area (Å²) in [5.41, 5.74) is 2.98. The van der Waals surface area contributed by atoms with Crippen LogP contribution in [0.2, 0.25) is 0 Å².